The van der Waals surface area contributed by atoms with E-state index in [-0.39, 0.29) is 0 Å². The zero-order chi connectivity index (χ0) is 14.4. The predicted molar refractivity (Wildman–Crippen MR) is 81.1 cm³/mol. The van der Waals surface area contributed by atoms with Crippen molar-refractivity contribution in [3.05, 3.63) is 12.1 Å². The summed E-state index contributed by atoms with van der Waals surface area (Å²) in [5.74, 6) is 1.89. The van der Waals surface area contributed by atoms with E-state index in [4.69, 9.17) is 15.2 Å². The fourth-order valence-electron chi connectivity index (χ4n) is 2.48. The summed E-state index contributed by atoms with van der Waals surface area (Å²) in [6.45, 7) is 6.60. The lowest BCUT2D eigenvalue weighted by molar-refractivity contribution is 0.0900. The first kappa shape index (κ1) is 14.9. The van der Waals surface area contributed by atoms with Crippen LogP contribution in [-0.4, -0.2) is 30.8 Å². The SMILES string of the molecule is CCCOc1nc(NCC2CCOC2CC)ccc1N. The fraction of sp³-hybridized carbons (Fsp3) is 0.667. The maximum atomic E-state index is 5.86. The minimum Gasteiger partial charge on any atom is -0.476 e. The number of nitrogens with two attached hydrogens (primary N) is 1. The van der Waals surface area contributed by atoms with E-state index in [1.165, 1.54) is 0 Å². The van der Waals surface area contributed by atoms with E-state index in [1.807, 2.05) is 12.1 Å². The highest BCUT2D eigenvalue weighted by atomic mass is 16.5. The van der Waals surface area contributed by atoms with Gasteiger partial charge in [-0.1, -0.05) is 13.8 Å². The number of nitrogens with zero attached hydrogens (tertiary/aromatic N) is 1. The molecule has 2 unspecified atom stereocenters. The zero-order valence-electron chi connectivity index (χ0n) is 12.4. The van der Waals surface area contributed by atoms with Crippen LogP contribution >= 0.6 is 0 Å². The van der Waals surface area contributed by atoms with Gasteiger partial charge in [-0.2, -0.15) is 4.98 Å². The number of nitrogens with one attached hydrogen (secondary N) is 1. The molecule has 20 heavy (non-hydrogen) atoms. The van der Waals surface area contributed by atoms with E-state index in [0.29, 0.717) is 30.2 Å². The van der Waals surface area contributed by atoms with Gasteiger partial charge in [0.05, 0.1) is 18.4 Å². The average Bonchev–Trinajstić information content (AvgIpc) is 2.92. The molecule has 2 atom stereocenters. The van der Waals surface area contributed by atoms with Crippen LogP contribution in [0.3, 0.4) is 0 Å². The smallest absolute Gasteiger partial charge is 0.239 e. The highest BCUT2D eigenvalue weighted by Gasteiger charge is 2.26. The molecule has 0 saturated carbocycles. The minimum atomic E-state index is 0.368. The Kier molecular flexibility index (Phi) is 5.47. The lowest BCUT2D eigenvalue weighted by atomic mass is 10.00. The third kappa shape index (κ3) is 3.76. The summed E-state index contributed by atoms with van der Waals surface area (Å²) in [6.07, 6.45) is 3.48. The van der Waals surface area contributed by atoms with Gasteiger partial charge in [0.2, 0.25) is 5.88 Å². The van der Waals surface area contributed by atoms with Crippen molar-refractivity contribution in [2.75, 3.05) is 30.8 Å². The van der Waals surface area contributed by atoms with E-state index in [2.05, 4.69) is 24.1 Å². The van der Waals surface area contributed by atoms with Crippen LogP contribution in [0, 0.1) is 5.92 Å². The van der Waals surface area contributed by atoms with E-state index in [0.717, 1.165) is 38.2 Å². The monoisotopic (exact) mass is 279 g/mol. The molecule has 1 aromatic rings. The van der Waals surface area contributed by atoms with Crippen LogP contribution in [0.25, 0.3) is 0 Å². The number of ether oxygens (including phenoxy) is 2. The van der Waals surface area contributed by atoms with Crippen molar-refractivity contribution in [2.24, 2.45) is 5.92 Å². The van der Waals surface area contributed by atoms with Gasteiger partial charge in [-0.3, -0.25) is 0 Å². The Hall–Kier alpha value is -1.49. The Balaban J connectivity index is 1.92. The summed E-state index contributed by atoms with van der Waals surface area (Å²) in [7, 11) is 0. The van der Waals surface area contributed by atoms with Crippen LogP contribution < -0.4 is 15.8 Å². The van der Waals surface area contributed by atoms with Crippen LogP contribution in [0.15, 0.2) is 12.1 Å². The van der Waals surface area contributed by atoms with E-state index in [9.17, 15) is 0 Å². The van der Waals surface area contributed by atoms with E-state index >= 15 is 0 Å². The lowest BCUT2D eigenvalue weighted by Crippen LogP contribution is -2.23. The number of rotatable bonds is 7. The number of pyridine rings is 1. The Morgan fingerprint density at radius 2 is 2.30 bits per heavy atom. The molecule has 2 heterocycles. The number of hydrogen-bond donors (Lipinski definition) is 2. The number of aromatic nitrogens is 1. The van der Waals surface area contributed by atoms with E-state index < -0.39 is 0 Å². The van der Waals surface area contributed by atoms with Gasteiger partial charge in [-0.15, -0.1) is 0 Å². The fourth-order valence-corrected chi connectivity index (χ4v) is 2.48. The van der Waals surface area contributed by atoms with Gasteiger partial charge in [0, 0.05) is 19.1 Å². The molecule has 1 aliphatic rings. The first-order valence-corrected chi connectivity index (χ1v) is 7.49. The summed E-state index contributed by atoms with van der Waals surface area (Å²) in [5.41, 5.74) is 6.44. The summed E-state index contributed by atoms with van der Waals surface area (Å²) in [4.78, 5) is 4.42. The quantitative estimate of drug-likeness (QED) is 0.803. The largest absolute Gasteiger partial charge is 0.476 e. The highest BCUT2D eigenvalue weighted by Crippen LogP contribution is 2.25. The minimum absolute atomic E-state index is 0.368. The molecule has 5 heteroatoms. The molecule has 5 nitrogen and oxygen atoms in total. The van der Waals surface area contributed by atoms with Crippen LogP contribution in [-0.2, 0) is 4.74 Å². The maximum Gasteiger partial charge on any atom is 0.239 e. The maximum absolute atomic E-state index is 5.86. The zero-order valence-corrected chi connectivity index (χ0v) is 12.4. The third-order valence-electron chi connectivity index (χ3n) is 3.63. The van der Waals surface area contributed by atoms with E-state index in [1.54, 1.807) is 0 Å². The molecule has 0 bridgehead atoms. The predicted octanol–water partition coefficient (Wildman–Crippen LogP) is 2.68. The van der Waals surface area contributed by atoms with Crippen LogP contribution in [0.4, 0.5) is 11.5 Å². The molecule has 112 valence electrons. The normalized spacial score (nSPS) is 21.9. The van der Waals surface area contributed by atoms with Crippen LogP contribution in [0.1, 0.15) is 33.1 Å². The standard InChI is InChI=1S/C15H25N3O2/c1-3-8-20-15-12(16)5-6-14(18-15)17-10-11-7-9-19-13(11)4-2/h5-6,11,13H,3-4,7-10,16H2,1-2H3,(H,17,18). The molecule has 1 fully saturated rings. The van der Waals surface area contributed by atoms with Gasteiger partial charge >= 0.3 is 0 Å². The molecule has 1 saturated heterocycles. The van der Waals surface area contributed by atoms with Gasteiger partial charge in [0.15, 0.2) is 0 Å². The second-order valence-electron chi connectivity index (χ2n) is 5.19. The van der Waals surface area contributed by atoms with Gasteiger partial charge in [-0.05, 0) is 31.4 Å². The van der Waals surface area contributed by atoms with Gasteiger partial charge in [-0.25, -0.2) is 0 Å². The second kappa shape index (κ2) is 7.33. The van der Waals surface area contributed by atoms with Gasteiger partial charge in [0.1, 0.15) is 5.82 Å². The second-order valence-corrected chi connectivity index (χ2v) is 5.19. The first-order chi connectivity index (χ1) is 9.74. The Bertz CT molecular complexity index is 426. The van der Waals surface area contributed by atoms with Crippen molar-refractivity contribution in [1.29, 1.82) is 0 Å². The average molecular weight is 279 g/mol. The van der Waals surface area contributed by atoms with Crippen molar-refractivity contribution in [1.82, 2.24) is 4.98 Å². The molecule has 1 aromatic heterocycles. The number of hydrogen-bond acceptors (Lipinski definition) is 5. The molecule has 0 aliphatic carbocycles. The topological polar surface area (TPSA) is 69.4 Å². The molecule has 0 amide bonds. The van der Waals surface area contributed by atoms with Crippen LogP contribution in [0.2, 0.25) is 0 Å². The van der Waals surface area contributed by atoms with Crippen molar-refractivity contribution >= 4 is 11.5 Å². The summed E-state index contributed by atoms with van der Waals surface area (Å²) in [6, 6.07) is 3.73. The highest BCUT2D eigenvalue weighted by molar-refractivity contribution is 5.53. The van der Waals surface area contributed by atoms with Crippen molar-refractivity contribution in [3.63, 3.8) is 0 Å². The number of anilines is 2. The third-order valence-corrected chi connectivity index (χ3v) is 3.63. The summed E-state index contributed by atoms with van der Waals surface area (Å²) >= 11 is 0. The van der Waals surface area contributed by atoms with Crippen molar-refractivity contribution in [2.45, 2.75) is 39.2 Å². The molecular formula is C15H25N3O2. The van der Waals surface area contributed by atoms with Gasteiger partial charge in [0.25, 0.3) is 0 Å². The van der Waals surface area contributed by atoms with Gasteiger partial charge < -0.3 is 20.5 Å². The Morgan fingerprint density at radius 3 is 3.05 bits per heavy atom. The molecule has 2 rings (SSSR count). The Labute approximate surface area is 120 Å². The summed E-state index contributed by atoms with van der Waals surface area (Å²) < 4.78 is 11.2. The van der Waals surface area contributed by atoms with Crippen LogP contribution in [0.5, 0.6) is 5.88 Å². The first-order valence-electron chi connectivity index (χ1n) is 7.49. The van der Waals surface area contributed by atoms with Crippen molar-refractivity contribution < 1.29 is 9.47 Å². The van der Waals surface area contributed by atoms with Crippen molar-refractivity contribution in [3.8, 4) is 5.88 Å². The molecule has 0 aromatic carbocycles. The molecular weight excluding hydrogens is 254 g/mol. The summed E-state index contributed by atoms with van der Waals surface area (Å²) in [5, 5.41) is 3.37. The lowest BCUT2D eigenvalue weighted by Gasteiger charge is -2.18. The molecule has 1 aliphatic heterocycles. The molecule has 3 N–H and O–H groups in total. The number of nitrogen functional groups attached to an aromatic ring is 1. The molecule has 0 radical (unpaired) electrons. The Morgan fingerprint density at radius 1 is 1.45 bits per heavy atom. The molecule has 0 spiro atoms.